The predicted molar refractivity (Wildman–Crippen MR) is 152 cm³/mol. The normalized spacial score (nSPS) is 16.3. The number of benzene rings is 3. The molecule has 1 atom stereocenters. The van der Waals surface area contributed by atoms with Gasteiger partial charge in [0.15, 0.2) is 0 Å². The molecule has 1 aliphatic heterocycles. The summed E-state index contributed by atoms with van der Waals surface area (Å²) in [5.41, 5.74) is 4.99. The molecule has 2 aliphatic rings. The zero-order chi connectivity index (χ0) is 26.1. The summed E-state index contributed by atoms with van der Waals surface area (Å²) in [6.45, 7) is 6.05. The summed E-state index contributed by atoms with van der Waals surface area (Å²) in [6, 6.07) is 28.6. The molecule has 0 radical (unpaired) electrons. The van der Waals surface area contributed by atoms with E-state index in [2.05, 4.69) is 72.2 Å². The molecule has 0 unspecified atom stereocenters. The van der Waals surface area contributed by atoms with Crippen LogP contribution >= 0.6 is 0 Å². The van der Waals surface area contributed by atoms with E-state index in [1.165, 1.54) is 0 Å². The number of aromatic nitrogens is 2. The van der Waals surface area contributed by atoms with Gasteiger partial charge in [-0.1, -0.05) is 54.3 Å². The number of allylic oxidation sites excluding steroid dienone is 4. The summed E-state index contributed by atoms with van der Waals surface area (Å²) >= 11 is 0. The van der Waals surface area contributed by atoms with Crippen LogP contribution in [0.25, 0.3) is 11.4 Å². The number of nitrogens with zero attached hydrogens (tertiary/aromatic N) is 5. The Hall–Kier alpha value is -3.89. The number of rotatable bonds is 6. The van der Waals surface area contributed by atoms with Gasteiger partial charge >= 0.3 is 0 Å². The summed E-state index contributed by atoms with van der Waals surface area (Å²) < 4.78 is 8.33. The van der Waals surface area contributed by atoms with Gasteiger partial charge in [-0.2, -0.15) is 11.2 Å². The van der Waals surface area contributed by atoms with Gasteiger partial charge in [-0.05, 0) is 32.4 Å². The Morgan fingerprint density at radius 3 is 2.46 bits per heavy atom. The summed E-state index contributed by atoms with van der Waals surface area (Å²) in [5.74, 6) is 3.24. The zero-order valence-corrected chi connectivity index (χ0v) is 24.3. The van der Waals surface area contributed by atoms with Crippen molar-refractivity contribution in [3.8, 4) is 22.9 Å². The largest absolute Gasteiger partial charge is 0.503 e. The van der Waals surface area contributed by atoms with Crippen LogP contribution in [0.5, 0.6) is 11.5 Å². The molecule has 0 bridgehead atoms. The average Bonchev–Trinajstić information content (AvgIpc) is 3.49. The number of imidazole rings is 1. The molecule has 2 heterocycles. The van der Waals surface area contributed by atoms with Gasteiger partial charge in [-0.3, -0.25) is 4.98 Å². The molecule has 0 saturated carbocycles. The summed E-state index contributed by atoms with van der Waals surface area (Å²) in [6.07, 6.45) is 9.56. The molecular weight excluding hydrogens is 665 g/mol. The van der Waals surface area contributed by atoms with Crippen LogP contribution in [0.4, 0.5) is 11.4 Å². The van der Waals surface area contributed by atoms with Crippen LogP contribution < -0.4 is 14.6 Å². The molecule has 39 heavy (non-hydrogen) atoms. The maximum atomic E-state index is 6.20. The number of amidine groups is 1. The van der Waals surface area contributed by atoms with Crippen molar-refractivity contribution in [3.05, 3.63) is 121 Å². The van der Waals surface area contributed by atoms with Gasteiger partial charge in [0, 0.05) is 56.9 Å². The number of ether oxygens (including phenoxy) is 1. The van der Waals surface area contributed by atoms with Crippen LogP contribution in [0.15, 0.2) is 96.1 Å². The SMILES string of the molecule is CC1=NN(c2[c-]c(Oc3[c-]c(-c4nc([C@@H]5C=CC=CC5)c(C)n4C)ccc3)ccc2)[CH-]N1c1ccccc1.[Pt]. The van der Waals surface area contributed by atoms with E-state index in [0.717, 1.165) is 46.4 Å². The first kappa shape index (κ1) is 26.7. The molecule has 0 amide bonds. The third kappa shape index (κ3) is 5.48. The Bertz CT molecular complexity index is 1560. The van der Waals surface area contributed by atoms with Crippen LogP contribution in [0.1, 0.15) is 30.7 Å². The fraction of sp³-hybridized carbons (Fsp3) is 0.156. The van der Waals surface area contributed by atoms with Crippen LogP contribution in [-0.2, 0) is 28.1 Å². The van der Waals surface area contributed by atoms with Crippen molar-refractivity contribution in [3.63, 3.8) is 0 Å². The fourth-order valence-electron chi connectivity index (χ4n) is 4.74. The van der Waals surface area contributed by atoms with Crippen molar-refractivity contribution in [1.82, 2.24) is 9.55 Å². The van der Waals surface area contributed by atoms with Crippen molar-refractivity contribution in [1.29, 1.82) is 0 Å². The Morgan fingerprint density at radius 2 is 1.69 bits per heavy atom. The second-order valence-electron chi connectivity index (χ2n) is 9.36. The topological polar surface area (TPSA) is 45.9 Å². The van der Waals surface area contributed by atoms with E-state index >= 15 is 0 Å². The van der Waals surface area contributed by atoms with Gasteiger partial charge in [0.2, 0.25) is 0 Å². The molecule has 1 aromatic heterocycles. The molecule has 6 nitrogen and oxygen atoms in total. The number of hydrazone groups is 1. The maximum Gasteiger partial charge on any atom is 0.0952 e. The monoisotopic (exact) mass is 693 g/mol. The minimum absolute atomic E-state index is 0. The van der Waals surface area contributed by atoms with E-state index in [1.54, 1.807) is 0 Å². The van der Waals surface area contributed by atoms with Gasteiger partial charge < -0.3 is 19.2 Å². The Balaban J connectivity index is 0.00000308. The maximum absolute atomic E-state index is 6.20. The Labute approximate surface area is 244 Å². The second kappa shape index (κ2) is 11.5. The van der Waals surface area contributed by atoms with Crippen LogP contribution in [-0.4, -0.2) is 15.4 Å². The van der Waals surface area contributed by atoms with Crippen LogP contribution in [0, 0.1) is 25.7 Å². The molecule has 6 rings (SSSR count). The number of hydrogen-bond donors (Lipinski definition) is 0. The molecule has 0 N–H and O–H groups in total. The first-order valence-corrected chi connectivity index (χ1v) is 12.7. The van der Waals surface area contributed by atoms with E-state index in [1.807, 2.05) is 78.1 Å². The smallest absolute Gasteiger partial charge is 0.0952 e. The van der Waals surface area contributed by atoms with E-state index < -0.39 is 0 Å². The first-order valence-electron chi connectivity index (χ1n) is 12.7. The molecule has 0 saturated heterocycles. The van der Waals surface area contributed by atoms with Crippen molar-refractivity contribution < 1.29 is 25.8 Å². The fourth-order valence-corrected chi connectivity index (χ4v) is 4.74. The minimum atomic E-state index is 0. The van der Waals surface area contributed by atoms with Crippen LogP contribution in [0.3, 0.4) is 0 Å². The molecule has 200 valence electrons. The third-order valence-electron chi connectivity index (χ3n) is 6.84. The minimum Gasteiger partial charge on any atom is -0.503 e. The standard InChI is InChI=1S/C32H28N5O.Pt/c1-23-31(25-12-6-4-7-13-25)33-32(35(23)3)26-14-10-18-29(20-26)38-30-19-11-17-28(21-30)37-22-36(24(2)34-37)27-15-8-5-9-16-27;/h4-12,14-19,22,25H,13H2,1-3H3;/q-3;/t25-;/m1./s1. The van der Waals surface area contributed by atoms with Gasteiger partial charge in [0.25, 0.3) is 0 Å². The molecule has 3 aromatic carbocycles. The summed E-state index contributed by atoms with van der Waals surface area (Å²) in [4.78, 5) is 7.05. The van der Waals surface area contributed by atoms with Gasteiger partial charge in [0.05, 0.1) is 17.4 Å². The number of para-hydroxylation sites is 1. The molecule has 0 fully saturated rings. The molecule has 1 aliphatic carbocycles. The second-order valence-corrected chi connectivity index (χ2v) is 9.36. The molecule has 7 heteroatoms. The summed E-state index contributed by atoms with van der Waals surface area (Å²) in [7, 11) is 2.05. The van der Waals surface area contributed by atoms with Gasteiger partial charge in [0.1, 0.15) is 0 Å². The quantitative estimate of drug-likeness (QED) is 0.201. The number of hydrogen-bond acceptors (Lipinski definition) is 5. The van der Waals surface area contributed by atoms with Gasteiger partial charge in [-0.15, -0.1) is 48.6 Å². The first-order chi connectivity index (χ1) is 18.6. The Kier molecular flexibility index (Phi) is 7.85. The summed E-state index contributed by atoms with van der Waals surface area (Å²) in [5, 5.41) is 6.49. The predicted octanol–water partition coefficient (Wildman–Crippen LogP) is 7.16. The van der Waals surface area contributed by atoms with E-state index in [9.17, 15) is 0 Å². The third-order valence-corrected chi connectivity index (χ3v) is 6.84. The molecular formula is C32H28N5OPt-3. The number of anilines is 2. The van der Waals surface area contributed by atoms with Crippen molar-refractivity contribution in [2.75, 3.05) is 9.91 Å². The van der Waals surface area contributed by atoms with E-state index in [0.29, 0.717) is 17.4 Å². The van der Waals surface area contributed by atoms with E-state index in [-0.39, 0.29) is 21.1 Å². The van der Waals surface area contributed by atoms with Crippen molar-refractivity contribution in [2.24, 2.45) is 12.1 Å². The molecule has 4 aromatic rings. The van der Waals surface area contributed by atoms with Crippen LogP contribution in [0.2, 0.25) is 0 Å². The van der Waals surface area contributed by atoms with Crippen molar-refractivity contribution in [2.45, 2.75) is 26.2 Å². The van der Waals surface area contributed by atoms with E-state index in [4.69, 9.17) is 9.72 Å². The van der Waals surface area contributed by atoms with Gasteiger partial charge in [-0.25, -0.2) is 0 Å². The molecule has 0 spiro atoms. The Morgan fingerprint density at radius 1 is 0.923 bits per heavy atom. The van der Waals surface area contributed by atoms with Crippen molar-refractivity contribution >= 4 is 17.2 Å². The average molecular weight is 694 g/mol. The zero-order valence-electron chi connectivity index (χ0n) is 22.0.